The predicted octanol–water partition coefficient (Wildman–Crippen LogP) is 5.26. The van der Waals surface area contributed by atoms with Gasteiger partial charge in [-0.2, -0.15) is 0 Å². The van der Waals surface area contributed by atoms with Crippen molar-refractivity contribution < 1.29 is 4.79 Å². The Hall–Kier alpha value is -1.36. The molecule has 0 radical (unpaired) electrons. The lowest BCUT2D eigenvalue weighted by atomic mass is 9.95. The fourth-order valence-corrected chi connectivity index (χ4v) is 3.79. The van der Waals surface area contributed by atoms with Crippen LogP contribution < -0.4 is 5.32 Å². The number of rotatable bonds is 4. The highest BCUT2D eigenvalue weighted by Crippen LogP contribution is 2.24. The van der Waals surface area contributed by atoms with Crippen LogP contribution in [0.25, 0.3) is 0 Å². The van der Waals surface area contributed by atoms with Crippen LogP contribution in [-0.4, -0.2) is 23.9 Å². The molecule has 3 rings (SSSR count). The normalized spacial score (nSPS) is 16.0. The van der Waals surface area contributed by atoms with E-state index < -0.39 is 0 Å². The molecule has 5 heteroatoms. The van der Waals surface area contributed by atoms with Gasteiger partial charge in [-0.05, 0) is 68.2 Å². The van der Waals surface area contributed by atoms with Crippen molar-refractivity contribution in [2.24, 2.45) is 5.92 Å². The second-order valence-corrected chi connectivity index (χ2v) is 7.96. The molecule has 2 aromatic carbocycles. The lowest BCUT2D eigenvalue weighted by Crippen LogP contribution is -2.37. The van der Waals surface area contributed by atoms with Gasteiger partial charge in [-0.3, -0.25) is 9.69 Å². The smallest absolute Gasteiger partial charge is 0.227 e. The quantitative estimate of drug-likeness (QED) is 0.730. The fourth-order valence-electron chi connectivity index (χ4n) is 3.16. The molecule has 1 aliphatic rings. The standard InChI is InChI=1S/C20H22BrClN2O/c1-14-5-6-18(12-19(14)22)23-20(25)16-7-9-24(10-8-16)13-15-3-2-4-17(21)11-15/h2-6,11-12,16H,7-10,13H2,1H3,(H,23,25). The van der Waals surface area contributed by atoms with Gasteiger partial charge in [0.05, 0.1) is 0 Å². The maximum absolute atomic E-state index is 12.5. The van der Waals surface area contributed by atoms with Crippen molar-refractivity contribution in [3.8, 4) is 0 Å². The number of nitrogens with zero attached hydrogens (tertiary/aromatic N) is 1. The number of anilines is 1. The average molecular weight is 422 g/mol. The van der Waals surface area contributed by atoms with Crippen LogP contribution in [0.2, 0.25) is 5.02 Å². The van der Waals surface area contributed by atoms with Crippen LogP contribution in [0.4, 0.5) is 5.69 Å². The van der Waals surface area contributed by atoms with E-state index in [0.29, 0.717) is 5.02 Å². The number of carbonyl (C=O) groups is 1. The summed E-state index contributed by atoms with van der Waals surface area (Å²) in [5, 5.41) is 3.69. The molecule has 25 heavy (non-hydrogen) atoms. The van der Waals surface area contributed by atoms with E-state index in [9.17, 15) is 4.79 Å². The van der Waals surface area contributed by atoms with E-state index in [1.807, 2.05) is 31.2 Å². The van der Waals surface area contributed by atoms with Gasteiger partial charge in [0.2, 0.25) is 5.91 Å². The molecule has 0 spiro atoms. The van der Waals surface area contributed by atoms with Gasteiger partial charge in [-0.15, -0.1) is 0 Å². The van der Waals surface area contributed by atoms with Crippen molar-refractivity contribution in [3.05, 3.63) is 63.1 Å². The average Bonchev–Trinajstić information content (AvgIpc) is 2.59. The van der Waals surface area contributed by atoms with E-state index in [4.69, 9.17) is 11.6 Å². The zero-order chi connectivity index (χ0) is 17.8. The molecule has 132 valence electrons. The first kappa shape index (κ1) is 18.4. The fraction of sp³-hybridized carbons (Fsp3) is 0.350. The van der Waals surface area contributed by atoms with E-state index in [1.54, 1.807) is 0 Å². The number of halogens is 2. The molecule has 0 unspecified atom stereocenters. The third kappa shape index (κ3) is 5.06. The Morgan fingerprint density at radius 2 is 2.00 bits per heavy atom. The van der Waals surface area contributed by atoms with Gasteiger partial charge in [0.25, 0.3) is 0 Å². The Morgan fingerprint density at radius 3 is 2.68 bits per heavy atom. The number of piperidine rings is 1. The van der Waals surface area contributed by atoms with Crippen molar-refractivity contribution in [3.63, 3.8) is 0 Å². The van der Waals surface area contributed by atoms with Gasteiger partial charge < -0.3 is 5.32 Å². The van der Waals surface area contributed by atoms with Crippen molar-refractivity contribution in [1.82, 2.24) is 4.90 Å². The van der Waals surface area contributed by atoms with Gasteiger partial charge in [0.15, 0.2) is 0 Å². The van der Waals surface area contributed by atoms with Crippen LogP contribution in [0.1, 0.15) is 24.0 Å². The maximum Gasteiger partial charge on any atom is 0.227 e. The van der Waals surface area contributed by atoms with Crippen LogP contribution in [0.5, 0.6) is 0 Å². The van der Waals surface area contributed by atoms with E-state index >= 15 is 0 Å². The minimum atomic E-state index is 0.0684. The molecule has 1 saturated heterocycles. The number of nitrogens with one attached hydrogen (secondary N) is 1. The van der Waals surface area contributed by atoms with Gasteiger partial charge in [0.1, 0.15) is 0 Å². The summed E-state index contributed by atoms with van der Waals surface area (Å²) in [7, 11) is 0. The first-order valence-corrected chi connectivity index (χ1v) is 9.72. The van der Waals surface area contributed by atoms with Crippen LogP contribution in [0.3, 0.4) is 0 Å². The molecule has 0 atom stereocenters. The van der Waals surface area contributed by atoms with Gasteiger partial charge >= 0.3 is 0 Å². The van der Waals surface area contributed by atoms with Crippen LogP contribution in [-0.2, 0) is 11.3 Å². The summed E-state index contributed by atoms with van der Waals surface area (Å²) in [6, 6.07) is 14.0. The molecule has 0 bridgehead atoms. The molecule has 2 aromatic rings. The van der Waals surface area contributed by atoms with Gasteiger partial charge in [-0.1, -0.05) is 45.7 Å². The molecular formula is C20H22BrClN2O. The molecule has 0 saturated carbocycles. The molecule has 1 amide bonds. The number of hydrogen-bond acceptors (Lipinski definition) is 2. The SMILES string of the molecule is Cc1ccc(NC(=O)C2CCN(Cc3cccc(Br)c3)CC2)cc1Cl. The summed E-state index contributed by atoms with van der Waals surface area (Å²) < 4.78 is 1.11. The Balaban J connectivity index is 1.51. The third-order valence-electron chi connectivity index (χ3n) is 4.69. The van der Waals surface area contributed by atoms with Gasteiger partial charge in [0, 0.05) is 27.6 Å². The van der Waals surface area contributed by atoms with Crippen LogP contribution in [0.15, 0.2) is 46.9 Å². The zero-order valence-electron chi connectivity index (χ0n) is 14.3. The van der Waals surface area contributed by atoms with Crippen LogP contribution >= 0.6 is 27.5 Å². The summed E-state index contributed by atoms with van der Waals surface area (Å²) in [4.78, 5) is 14.9. The summed E-state index contributed by atoms with van der Waals surface area (Å²) in [5.74, 6) is 0.167. The van der Waals surface area contributed by atoms with Crippen molar-refractivity contribution in [2.45, 2.75) is 26.3 Å². The van der Waals surface area contributed by atoms with E-state index in [0.717, 1.165) is 48.2 Å². The van der Waals surface area contributed by atoms with E-state index in [1.165, 1.54) is 5.56 Å². The summed E-state index contributed by atoms with van der Waals surface area (Å²) in [6.45, 7) is 4.77. The minimum absolute atomic E-state index is 0.0684. The van der Waals surface area contributed by atoms with E-state index in [-0.39, 0.29) is 11.8 Å². The first-order chi connectivity index (χ1) is 12.0. The van der Waals surface area contributed by atoms with E-state index in [2.05, 4.69) is 44.3 Å². The molecule has 0 aromatic heterocycles. The number of hydrogen-bond donors (Lipinski definition) is 1. The Morgan fingerprint density at radius 1 is 1.24 bits per heavy atom. The van der Waals surface area contributed by atoms with Crippen molar-refractivity contribution in [2.75, 3.05) is 18.4 Å². The number of likely N-dealkylation sites (tertiary alicyclic amines) is 1. The Labute approximate surface area is 162 Å². The summed E-state index contributed by atoms with van der Waals surface area (Å²) >= 11 is 9.64. The van der Waals surface area contributed by atoms with Crippen LogP contribution in [0, 0.1) is 12.8 Å². The Bertz CT molecular complexity index is 757. The number of benzene rings is 2. The van der Waals surface area contributed by atoms with Crippen molar-refractivity contribution in [1.29, 1.82) is 0 Å². The lowest BCUT2D eigenvalue weighted by Gasteiger charge is -2.31. The number of carbonyl (C=O) groups excluding carboxylic acids is 1. The minimum Gasteiger partial charge on any atom is -0.326 e. The largest absolute Gasteiger partial charge is 0.326 e. The Kier molecular flexibility index (Phi) is 6.15. The second-order valence-electron chi connectivity index (χ2n) is 6.63. The molecule has 1 heterocycles. The molecule has 1 aliphatic heterocycles. The molecule has 1 N–H and O–H groups in total. The maximum atomic E-state index is 12.5. The monoisotopic (exact) mass is 420 g/mol. The lowest BCUT2D eigenvalue weighted by molar-refractivity contribution is -0.121. The third-order valence-corrected chi connectivity index (χ3v) is 5.59. The van der Waals surface area contributed by atoms with Crippen molar-refractivity contribution >= 4 is 39.1 Å². The molecule has 3 nitrogen and oxygen atoms in total. The first-order valence-electron chi connectivity index (χ1n) is 8.55. The second kappa shape index (κ2) is 8.35. The zero-order valence-corrected chi connectivity index (χ0v) is 16.6. The topological polar surface area (TPSA) is 32.3 Å². The summed E-state index contributed by atoms with van der Waals surface area (Å²) in [6.07, 6.45) is 1.78. The molecule has 1 fully saturated rings. The summed E-state index contributed by atoms with van der Waals surface area (Å²) in [5.41, 5.74) is 3.09. The highest BCUT2D eigenvalue weighted by molar-refractivity contribution is 9.10. The number of amides is 1. The highest BCUT2D eigenvalue weighted by Gasteiger charge is 2.25. The molecule has 0 aliphatic carbocycles. The predicted molar refractivity (Wildman–Crippen MR) is 107 cm³/mol. The van der Waals surface area contributed by atoms with Gasteiger partial charge in [-0.25, -0.2) is 0 Å². The molecular weight excluding hydrogens is 400 g/mol. The highest BCUT2D eigenvalue weighted by atomic mass is 79.9. The number of aryl methyl sites for hydroxylation is 1.